The molecule has 22 heavy (non-hydrogen) atoms. The van der Waals surface area contributed by atoms with Crippen molar-refractivity contribution in [1.29, 1.82) is 0 Å². The summed E-state index contributed by atoms with van der Waals surface area (Å²) in [5, 5.41) is 3.27. The molecule has 0 heterocycles. The molecule has 1 aliphatic carbocycles. The molecule has 0 saturated heterocycles. The van der Waals surface area contributed by atoms with E-state index in [2.05, 4.69) is 30.1 Å². The van der Waals surface area contributed by atoms with E-state index in [1.165, 1.54) is 0 Å². The van der Waals surface area contributed by atoms with Crippen LogP contribution in [-0.4, -0.2) is 38.3 Å². The molecular weight excluding hydrogens is 302 g/mol. The van der Waals surface area contributed by atoms with Gasteiger partial charge in [-0.05, 0) is 17.7 Å². The van der Waals surface area contributed by atoms with Gasteiger partial charge in [-0.2, -0.15) is 0 Å². The molecule has 0 amide bonds. The van der Waals surface area contributed by atoms with E-state index in [1.807, 2.05) is 12.2 Å². The van der Waals surface area contributed by atoms with Crippen molar-refractivity contribution < 1.29 is 19.2 Å². The van der Waals surface area contributed by atoms with E-state index >= 15 is 0 Å². The molecule has 0 aliphatic heterocycles. The molecule has 0 saturated carbocycles. The highest BCUT2D eigenvalue weighted by Crippen LogP contribution is 2.25. The molecule has 5 nitrogen and oxygen atoms in total. The fraction of sp³-hybridized carbons (Fsp3) is 0.312. The Labute approximate surface area is 134 Å². The number of nitrogens with zero attached hydrogens (tertiary/aromatic N) is 1. The van der Waals surface area contributed by atoms with Gasteiger partial charge in [-0.1, -0.05) is 35.5 Å². The van der Waals surface area contributed by atoms with E-state index in [4.69, 9.17) is 9.57 Å². The van der Waals surface area contributed by atoms with Gasteiger partial charge in [0.15, 0.2) is 12.0 Å². The second-order valence-corrected chi connectivity index (χ2v) is 5.35. The van der Waals surface area contributed by atoms with Crippen molar-refractivity contribution in [2.45, 2.75) is 12.8 Å². The maximum absolute atomic E-state index is 11.1. The van der Waals surface area contributed by atoms with Gasteiger partial charge < -0.3 is 14.4 Å². The van der Waals surface area contributed by atoms with Crippen molar-refractivity contribution >= 4 is 31.1 Å². The number of hydrogen-bond donors (Lipinski definition) is 0. The minimum atomic E-state index is -0.0318. The third-order valence-electron chi connectivity index (χ3n) is 2.69. The van der Waals surface area contributed by atoms with E-state index in [1.54, 1.807) is 11.8 Å². The number of ether oxygens (including phenoxy) is 1. The summed E-state index contributed by atoms with van der Waals surface area (Å²) in [6, 6.07) is 0. The highest BCUT2D eigenvalue weighted by atomic mass is 32.2. The lowest BCUT2D eigenvalue weighted by molar-refractivity contribution is -0.111. The predicted octanol–water partition coefficient (Wildman–Crippen LogP) is 2.81. The molecule has 6 heteroatoms. The Morgan fingerprint density at radius 3 is 2.95 bits per heavy atom. The molecule has 0 spiro atoms. The number of oxime groups is 1. The summed E-state index contributed by atoms with van der Waals surface area (Å²) >= 11 is 1.59. The van der Waals surface area contributed by atoms with E-state index in [0.717, 1.165) is 17.7 Å². The van der Waals surface area contributed by atoms with Crippen LogP contribution in [0.25, 0.3) is 0 Å². The molecule has 0 fully saturated rings. The zero-order chi connectivity index (χ0) is 16.0. The molecular formula is C16H19NO4S. The van der Waals surface area contributed by atoms with Gasteiger partial charge in [0, 0.05) is 18.0 Å². The summed E-state index contributed by atoms with van der Waals surface area (Å²) in [4.78, 5) is 27.4. The summed E-state index contributed by atoms with van der Waals surface area (Å²) in [5.41, 5.74) is 0.630. The summed E-state index contributed by atoms with van der Waals surface area (Å²) in [6.07, 6.45) is 13.4. The zero-order valence-corrected chi connectivity index (χ0v) is 13.1. The lowest BCUT2D eigenvalue weighted by atomic mass is 10.2. The van der Waals surface area contributed by atoms with Crippen LogP contribution in [0.15, 0.2) is 51.8 Å². The SMILES string of the molecule is C=NO/C(C=O)=C(\COCC=O)CS/C1=C/C=CC/C=C\C1. The summed E-state index contributed by atoms with van der Waals surface area (Å²) < 4.78 is 5.17. The fourth-order valence-electron chi connectivity index (χ4n) is 1.64. The average Bonchev–Trinajstić information content (AvgIpc) is 2.50. The van der Waals surface area contributed by atoms with E-state index in [0.29, 0.717) is 23.9 Å². The number of allylic oxidation sites excluding steroid dienone is 7. The van der Waals surface area contributed by atoms with Gasteiger partial charge >= 0.3 is 0 Å². The molecule has 0 radical (unpaired) electrons. The predicted molar refractivity (Wildman–Crippen MR) is 88.7 cm³/mol. The summed E-state index contributed by atoms with van der Waals surface area (Å²) in [6.45, 7) is 3.30. The minimum absolute atomic E-state index is 0.0318. The quantitative estimate of drug-likeness (QED) is 0.118. The van der Waals surface area contributed by atoms with Gasteiger partial charge in [-0.15, -0.1) is 11.8 Å². The van der Waals surface area contributed by atoms with Crippen LogP contribution in [-0.2, 0) is 19.2 Å². The van der Waals surface area contributed by atoms with Gasteiger partial charge in [0.2, 0.25) is 0 Å². The second kappa shape index (κ2) is 11.7. The first kappa shape index (κ1) is 18.1. The van der Waals surface area contributed by atoms with Gasteiger partial charge in [0.1, 0.15) is 12.9 Å². The summed E-state index contributed by atoms with van der Waals surface area (Å²) in [7, 11) is 0. The van der Waals surface area contributed by atoms with Crippen molar-refractivity contribution in [3.8, 4) is 0 Å². The molecule has 1 aliphatic rings. The van der Waals surface area contributed by atoms with Crippen molar-refractivity contribution in [2.75, 3.05) is 19.0 Å². The zero-order valence-electron chi connectivity index (χ0n) is 12.3. The Kier molecular flexibility index (Phi) is 9.65. The topological polar surface area (TPSA) is 65.0 Å². The van der Waals surface area contributed by atoms with Gasteiger partial charge in [0.25, 0.3) is 0 Å². The van der Waals surface area contributed by atoms with Crippen LogP contribution in [0.4, 0.5) is 0 Å². The van der Waals surface area contributed by atoms with Crippen molar-refractivity contribution in [3.05, 3.63) is 46.6 Å². The Bertz CT molecular complexity index is 506. The largest absolute Gasteiger partial charge is 0.369 e. The molecule has 0 aromatic rings. The number of carbonyl (C=O) groups is 2. The van der Waals surface area contributed by atoms with Gasteiger partial charge in [-0.25, -0.2) is 0 Å². The van der Waals surface area contributed by atoms with Crippen LogP contribution in [0.5, 0.6) is 0 Å². The lowest BCUT2D eigenvalue weighted by Gasteiger charge is -2.11. The highest BCUT2D eigenvalue weighted by molar-refractivity contribution is 8.03. The summed E-state index contributed by atoms with van der Waals surface area (Å²) in [5.74, 6) is 0.585. The lowest BCUT2D eigenvalue weighted by Crippen LogP contribution is -2.08. The minimum Gasteiger partial charge on any atom is -0.369 e. The Morgan fingerprint density at radius 2 is 2.23 bits per heavy atom. The normalized spacial score (nSPS) is 19.0. The van der Waals surface area contributed by atoms with Crippen LogP contribution in [0, 0.1) is 0 Å². The third kappa shape index (κ3) is 7.19. The van der Waals surface area contributed by atoms with Crippen molar-refractivity contribution in [3.63, 3.8) is 0 Å². The standard InChI is InChI=1S/C16H19NO4S/c1-17-21-16(11-19)14(12-20-10-9-18)13-22-15-7-5-3-2-4-6-8-15/h3-7,9,11H,1-2,8,10,12-13H2/b5-3?,6-4-,15-7+,16-14+. The monoisotopic (exact) mass is 321 g/mol. The smallest absolute Gasteiger partial charge is 0.199 e. The molecule has 0 bridgehead atoms. The second-order valence-electron chi connectivity index (χ2n) is 4.25. The maximum Gasteiger partial charge on any atom is 0.199 e. The van der Waals surface area contributed by atoms with Crippen LogP contribution < -0.4 is 0 Å². The van der Waals surface area contributed by atoms with E-state index in [9.17, 15) is 9.59 Å². The number of thioether (sulfide) groups is 1. The average molecular weight is 321 g/mol. The first-order valence-corrected chi connectivity index (χ1v) is 7.75. The van der Waals surface area contributed by atoms with Gasteiger partial charge in [0.05, 0.1) is 6.61 Å². The van der Waals surface area contributed by atoms with Crippen LogP contribution >= 0.6 is 11.8 Å². The highest BCUT2D eigenvalue weighted by Gasteiger charge is 2.10. The number of carbonyl (C=O) groups excluding carboxylic acids is 2. The molecule has 0 aromatic heterocycles. The molecule has 0 unspecified atom stereocenters. The Balaban J connectivity index is 2.74. The van der Waals surface area contributed by atoms with E-state index < -0.39 is 0 Å². The number of aldehydes is 2. The number of hydrogen-bond acceptors (Lipinski definition) is 6. The number of rotatable bonds is 10. The van der Waals surface area contributed by atoms with Crippen LogP contribution in [0.3, 0.4) is 0 Å². The Hall–Kier alpha value is -1.92. The third-order valence-corrected chi connectivity index (χ3v) is 3.85. The molecule has 0 N–H and O–H groups in total. The fourth-order valence-corrected chi connectivity index (χ4v) is 2.61. The molecule has 0 aromatic carbocycles. The maximum atomic E-state index is 11.1. The van der Waals surface area contributed by atoms with E-state index in [-0.39, 0.29) is 19.0 Å². The van der Waals surface area contributed by atoms with Gasteiger partial charge in [-0.3, -0.25) is 4.79 Å². The molecule has 118 valence electrons. The van der Waals surface area contributed by atoms with Crippen LogP contribution in [0.1, 0.15) is 12.8 Å². The molecule has 0 atom stereocenters. The van der Waals surface area contributed by atoms with Crippen molar-refractivity contribution in [2.24, 2.45) is 5.16 Å². The Morgan fingerprint density at radius 1 is 1.36 bits per heavy atom. The molecule has 1 rings (SSSR count). The van der Waals surface area contributed by atoms with Crippen LogP contribution in [0.2, 0.25) is 0 Å². The first-order valence-electron chi connectivity index (χ1n) is 6.77. The van der Waals surface area contributed by atoms with Crippen molar-refractivity contribution in [1.82, 2.24) is 0 Å². The first-order chi connectivity index (χ1) is 10.8.